The maximum absolute atomic E-state index is 12.5. The standard InChI is InChI=1S/C17H14N2O6/c20-9-15-16(10-25-17(22)11-5-7-12(21)8-6-11)19(24)14-4-2-1-3-13(14)18(15)23/h1-8,20-21H,9-10H2. The Hall–Kier alpha value is -3.39. The molecule has 0 saturated heterocycles. The lowest BCUT2D eigenvalue weighted by molar-refractivity contribution is -0.479. The molecule has 2 aromatic carbocycles. The summed E-state index contributed by atoms with van der Waals surface area (Å²) in [6, 6.07) is 11.5. The van der Waals surface area contributed by atoms with Gasteiger partial charge in [-0.1, -0.05) is 12.1 Å². The third-order valence-corrected chi connectivity index (χ3v) is 3.74. The molecule has 0 fully saturated rings. The predicted molar refractivity (Wildman–Crippen MR) is 87.2 cm³/mol. The molecule has 1 heterocycles. The maximum Gasteiger partial charge on any atom is 0.338 e. The van der Waals surface area contributed by atoms with Gasteiger partial charge in [-0.05, 0) is 30.3 Å². The summed E-state index contributed by atoms with van der Waals surface area (Å²) in [5, 5.41) is 31.2. The van der Waals surface area contributed by atoms with E-state index < -0.39 is 19.2 Å². The van der Waals surface area contributed by atoms with Crippen LogP contribution in [0.3, 0.4) is 0 Å². The summed E-state index contributed by atoms with van der Waals surface area (Å²) in [6.45, 7) is -1.16. The lowest BCUT2D eigenvalue weighted by Crippen LogP contribution is -2.28. The minimum absolute atomic E-state index is 0.00144. The summed E-state index contributed by atoms with van der Waals surface area (Å²) in [6.07, 6.45) is 0. The van der Waals surface area contributed by atoms with Gasteiger partial charge < -0.3 is 24.9 Å². The normalized spacial score (nSPS) is 10.8. The molecule has 0 amide bonds. The quantitative estimate of drug-likeness (QED) is 0.547. The van der Waals surface area contributed by atoms with E-state index in [1.54, 1.807) is 12.1 Å². The summed E-state index contributed by atoms with van der Waals surface area (Å²) < 4.78 is 6.00. The molecule has 0 unspecified atom stereocenters. The van der Waals surface area contributed by atoms with Crippen LogP contribution in [0.5, 0.6) is 5.75 Å². The fourth-order valence-electron chi connectivity index (χ4n) is 2.45. The molecular formula is C17H14N2O6. The Labute approximate surface area is 141 Å². The molecule has 3 aromatic rings. The van der Waals surface area contributed by atoms with Gasteiger partial charge in [-0.15, -0.1) is 0 Å². The van der Waals surface area contributed by atoms with Crippen molar-refractivity contribution in [1.29, 1.82) is 0 Å². The number of aliphatic hydroxyl groups excluding tert-OH is 1. The molecule has 0 radical (unpaired) electrons. The molecule has 3 rings (SSSR count). The molecule has 8 heteroatoms. The van der Waals surface area contributed by atoms with Gasteiger partial charge in [-0.2, -0.15) is 0 Å². The summed E-state index contributed by atoms with van der Waals surface area (Å²) in [5.74, 6) is -0.729. The van der Waals surface area contributed by atoms with Crippen LogP contribution in [0.2, 0.25) is 0 Å². The first-order chi connectivity index (χ1) is 12.0. The van der Waals surface area contributed by atoms with E-state index in [9.17, 15) is 25.1 Å². The summed E-state index contributed by atoms with van der Waals surface area (Å²) in [7, 11) is 0. The molecule has 0 aliphatic heterocycles. The van der Waals surface area contributed by atoms with Gasteiger partial charge in [0, 0.05) is 11.0 Å². The largest absolute Gasteiger partial charge is 0.805 e. The lowest BCUT2D eigenvalue weighted by Gasteiger charge is -2.18. The van der Waals surface area contributed by atoms with Crippen molar-refractivity contribution in [2.45, 2.75) is 13.2 Å². The van der Waals surface area contributed by atoms with Crippen LogP contribution in [-0.4, -0.2) is 20.9 Å². The van der Waals surface area contributed by atoms with E-state index in [1.807, 2.05) is 0 Å². The van der Waals surface area contributed by atoms with Gasteiger partial charge in [0.1, 0.15) is 30.2 Å². The highest BCUT2D eigenvalue weighted by atomic mass is 16.5. The highest BCUT2D eigenvalue weighted by Crippen LogP contribution is 2.17. The number of hydrogen-bond donors (Lipinski definition) is 2. The molecule has 0 aliphatic rings. The molecule has 25 heavy (non-hydrogen) atoms. The van der Waals surface area contributed by atoms with E-state index in [-0.39, 0.29) is 33.7 Å². The van der Waals surface area contributed by atoms with Crippen molar-refractivity contribution >= 4 is 17.0 Å². The van der Waals surface area contributed by atoms with E-state index in [0.29, 0.717) is 9.16 Å². The molecule has 0 atom stereocenters. The number of fused-ring (bicyclic) bond motifs is 1. The number of esters is 1. The Morgan fingerprint density at radius 3 is 2.52 bits per heavy atom. The Morgan fingerprint density at radius 1 is 1.16 bits per heavy atom. The van der Waals surface area contributed by atoms with Gasteiger partial charge in [0.05, 0.1) is 9.99 Å². The topological polar surface area (TPSA) is 118 Å². The van der Waals surface area contributed by atoms with Crippen molar-refractivity contribution in [2.24, 2.45) is 0 Å². The van der Waals surface area contributed by atoms with E-state index >= 15 is 0 Å². The molecule has 0 saturated carbocycles. The number of phenolic OH excluding ortho intramolecular Hbond substituents is 1. The Kier molecular flexibility index (Phi) is 4.36. The van der Waals surface area contributed by atoms with Crippen molar-refractivity contribution in [1.82, 2.24) is 4.73 Å². The second kappa shape index (κ2) is 6.62. The number of nitrogens with zero attached hydrogens (tertiary/aromatic N) is 2. The van der Waals surface area contributed by atoms with Crippen molar-refractivity contribution in [3.63, 3.8) is 0 Å². The number of aliphatic hydroxyl groups is 1. The number of carbonyl (C=O) groups is 1. The van der Waals surface area contributed by atoms with Crippen molar-refractivity contribution in [3.05, 3.63) is 75.6 Å². The van der Waals surface area contributed by atoms with Gasteiger partial charge in [0.2, 0.25) is 0 Å². The van der Waals surface area contributed by atoms with Crippen LogP contribution >= 0.6 is 0 Å². The van der Waals surface area contributed by atoms with Crippen LogP contribution in [0, 0.1) is 10.1 Å². The SMILES string of the molecule is O=C(OCc1c(CO)[n+](=O)c2ccccc2n1[O-])c1ccc(O)cc1. The summed E-state index contributed by atoms with van der Waals surface area (Å²) >= 11 is 0. The van der Waals surface area contributed by atoms with E-state index in [2.05, 4.69) is 0 Å². The minimum atomic E-state index is -0.727. The number of hydrogen-bond acceptors (Lipinski definition) is 6. The monoisotopic (exact) mass is 342 g/mol. The molecule has 0 bridgehead atoms. The van der Waals surface area contributed by atoms with Crippen LogP contribution in [0.4, 0.5) is 0 Å². The number of aromatic hydroxyl groups is 1. The second-order valence-electron chi connectivity index (χ2n) is 5.25. The maximum atomic E-state index is 12.5. The second-order valence-corrected chi connectivity index (χ2v) is 5.25. The highest BCUT2D eigenvalue weighted by molar-refractivity contribution is 5.89. The van der Waals surface area contributed by atoms with Gasteiger partial charge in [0.15, 0.2) is 0 Å². The zero-order valence-electron chi connectivity index (χ0n) is 13.0. The Balaban J connectivity index is 1.95. The van der Waals surface area contributed by atoms with Crippen LogP contribution < -0.4 is 4.43 Å². The average Bonchev–Trinajstić information content (AvgIpc) is 2.63. The minimum Gasteiger partial charge on any atom is -0.805 e. The molecule has 128 valence electrons. The van der Waals surface area contributed by atoms with Gasteiger partial charge in [-0.3, -0.25) is 0 Å². The van der Waals surface area contributed by atoms with E-state index in [0.717, 1.165) is 0 Å². The fraction of sp³-hybridized carbons (Fsp3) is 0.118. The fourth-order valence-corrected chi connectivity index (χ4v) is 2.45. The number of aromatic nitrogens is 2. The van der Waals surface area contributed by atoms with E-state index in [1.165, 1.54) is 36.4 Å². The Morgan fingerprint density at radius 2 is 1.84 bits per heavy atom. The van der Waals surface area contributed by atoms with Crippen molar-refractivity contribution < 1.29 is 24.2 Å². The van der Waals surface area contributed by atoms with Crippen LogP contribution in [0.15, 0.2) is 48.5 Å². The Bertz CT molecular complexity index is 994. The molecule has 0 aliphatic carbocycles. The predicted octanol–water partition coefficient (Wildman–Crippen LogP) is 1.46. The summed E-state index contributed by atoms with van der Waals surface area (Å²) in [5.41, 5.74) is 0.0488. The average molecular weight is 342 g/mol. The number of carbonyl (C=O) groups excluding carboxylic acids is 1. The zero-order chi connectivity index (χ0) is 18.0. The third kappa shape index (κ3) is 3.02. The van der Waals surface area contributed by atoms with Crippen LogP contribution in [0.1, 0.15) is 21.7 Å². The first-order valence-electron chi connectivity index (χ1n) is 7.35. The van der Waals surface area contributed by atoms with Crippen molar-refractivity contribution in [3.8, 4) is 5.75 Å². The van der Waals surface area contributed by atoms with Crippen LogP contribution in [-0.2, 0) is 18.0 Å². The third-order valence-electron chi connectivity index (χ3n) is 3.74. The first kappa shape index (κ1) is 16.5. The van der Waals surface area contributed by atoms with Gasteiger partial charge in [-0.25, -0.2) is 4.79 Å². The summed E-state index contributed by atoms with van der Waals surface area (Å²) in [4.78, 5) is 24.3. The molecule has 1 aromatic heterocycles. The number of para-hydroxylation sites is 2. The van der Waals surface area contributed by atoms with Crippen LogP contribution in [0.25, 0.3) is 11.0 Å². The number of benzene rings is 2. The molecular weight excluding hydrogens is 328 g/mol. The van der Waals surface area contributed by atoms with Crippen molar-refractivity contribution in [2.75, 3.05) is 0 Å². The molecule has 2 N–H and O–H groups in total. The zero-order valence-corrected chi connectivity index (χ0v) is 13.0. The van der Waals surface area contributed by atoms with Gasteiger partial charge >= 0.3 is 5.97 Å². The lowest BCUT2D eigenvalue weighted by atomic mass is 10.2. The van der Waals surface area contributed by atoms with E-state index in [4.69, 9.17) is 4.74 Å². The van der Waals surface area contributed by atoms with Gasteiger partial charge in [0.25, 0.3) is 11.2 Å². The number of phenols is 1. The molecule has 8 nitrogen and oxygen atoms in total. The smallest absolute Gasteiger partial charge is 0.338 e. The molecule has 0 spiro atoms. The number of ether oxygens (including phenoxy) is 1. The first-order valence-corrected chi connectivity index (χ1v) is 7.35. The number of rotatable bonds is 4. The highest BCUT2D eigenvalue weighted by Gasteiger charge is 2.22.